The van der Waals surface area contributed by atoms with Gasteiger partial charge in [-0.2, -0.15) is 0 Å². The number of aromatic nitrogens is 1. The van der Waals surface area contributed by atoms with Gasteiger partial charge in [0.1, 0.15) is 0 Å². The lowest BCUT2D eigenvalue weighted by Gasteiger charge is -2.35. The van der Waals surface area contributed by atoms with Gasteiger partial charge in [0.05, 0.1) is 6.04 Å². The molecule has 1 aromatic heterocycles. The molecule has 126 valence electrons. The van der Waals surface area contributed by atoms with Gasteiger partial charge in [0.15, 0.2) is 11.5 Å². The average Bonchev–Trinajstić information content (AvgIpc) is 3.24. The fourth-order valence-electron chi connectivity index (χ4n) is 4.01. The lowest BCUT2D eigenvalue weighted by molar-refractivity contribution is -0.130. The Bertz CT molecular complexity index is 992. The highest BCUT2D eigenvalue weighted by Gasteiger charge is 2.33. The van der Waals surface area contributed by atoms with Crippen LogP contribution in [0.4, 0.5) is 0 Å². The Morgan fingerprint density at radius 1 is 1.16 bits per heavy atom. The predicted octanol–water partition coefficient (Wildman–Crippen LogP) is 3.39. The van der Waals surface area contributed by atoms with Crippen molar-refractivity contribution in [2.75, 3.05) is 13.3 Å². The van der Waals surface area contributed by atoms with Crippen LogP contribution in [0.1, 0.15) is 29.8 Å². The maximum absolute atomic E-state index is 12.3. The zero-order valence-corrected chi connectivity index (χ0v) is 13.9. The summed E-state index contributed by atoms with van der Waals surface area (Å²) in [5, 5.41) is 1.24. The van der Waals surface area contributed by atoms with Crippen molar-refractivity contribution in [3.63, 3.8) is 0 Å². The summed E-state index contributed by atoms with van der Waals surface area (Å²) in [5.41, 5.74) is 4.55. The van der Waals surface area contributed by atoms with E-state index in [1.54, 1.807) is 6.92 Å². The molecule has 2 aliphatic rings. The topological polar surface area (TPSA) is 54.6 Å². The van der Waals surface area contributed by atoms with Crippen molar-refractivity contribution in [2.45, 2.75) is 19.4 Å². The lowest BCUT2D eigenvalue weighted by atomic mass is 9.92. The molecular weight excluding hydrogens is 316 g/mol. The number of aromatic amines is 1. The average molecular weight is 334 g/mol. The molecule has 0 spiro atoms. The van der Waals surface area contributed by atoms with Gasteiger partial charge in [-0.3, -0.25) is 4.79 Å². The van der Waals surface area contributed by atoms with Crippen LogP contribution in [0.15, 0.2) is 42.5 Å². The summed E-state index contributed by atoms with van der Waals surface area (Å²) in [6.07, 6.45) is 0.861. The second-order valence-corrected chi connectivity index (χ2v) is 6.54. The first-order valence-corrected chi connectivity index (χ1v) is 8.48. The number of nitrogens with zero attached hydrogens (tertiary/aromatic N) is 1. The summed E-state index contributed by atoms with van der Waals surface area (Å²) in [4.78, 5) is 17.8. The van der Waals surface area contributed by atoms with Gasteiger partial charge < -0.3 is 19.4 Å². The molecule has 5 heteroatoms. The second kappa shape index (κ2) is 5.28. The minimum atomic E-state index is -0.136. The van der Waals surface area contributed by atoms with E-state index in [0.29, 0.717) is 6.54 Å². The number of benzene rings is 2. The Kier molecular flexibility index (Phi) is 3.04. The molecule has 2 aromatic carbocycles. The van der Waals surface area contributed by atoms with Crippen LogP contribution in [-0.2, 0) is 11.2 Å². The number of fused-ring (bicyclic) bond motifs is 4. The Balaban J connectivity index is 1.71. The highest BCUT2D eigenvalue weighted by atomic mass is 16.7. The van der Waals surface area contributed by atoms with Gasteiger partial charge in [-0.25, -0.2) is 0 Å². The molecular formula is C20H18N2O3. The third-order valence-corrected chi connectivity index (χ3v) is 5.15. The molecule has 0 saturated carbocycles. The maximum atomic E-state index is 12.3. The van der Waals surface area contributed by atoms with Crippen LogP contribution in [0.2, 0.25) is 0 Å². The van der Waals surface area contributed by atoms with Gasteiger partial charge in [-0.05, 0) is 35.7 Å². The van der Waals surface area contributed by atoms with E-state index in [1.807, 2.05) is 29.2 Å². The number of hydrogen-bond donors (Lipinski definition) is 1. The van der Waals surface area contributed by atoms with Crippen LogP contribution in [0, 0.1) is 0 Å². The molecule has 0 saturated heterocycles. The summed E-state index contributed by atoms with van der Waals surface area (Å²) >= 11 is 0. The van der Waals surface area contributed by atoms with Gasteiger partial charge in [0.2, 0.25) is 12.7 Å². The number of amides is 1. The highest BCUT2D eigenvalue weighted by Crippen LogP contribution is 2.41. The van der Waals surface area contributed by atoms with Crippen molar-refractivity contribution in [1.29, 1.82) is 0 Å². The normalized spacial score (nSPS) is 18.4. The molecule has 0 bridgehead atoms. The van der Waals surface area contributed by atoms with Gasteiger partial charge in [-0.15, -0.1) is 0 Å². The van der Waals surface area contributed by atoms with E-state index in [2.05, 4.69) is 23.2 Å². The van der Waals surface area contributed by atoms with Crippen LogP contribution in [-0.4, -0.2) is 29.1 Å². The maximum Gasteiger partial charge on any atom is 0.231 e. The molecule has 1 N–H and O–H groups in total. The summed E-state index contributed by atoms with van der Waals surface area (Å²) in [5.74, 6) is 1.57. The number of carbonyl (C=O) groups excluding carboxylic acids is 1. The van der Waals surface area contributed by atoms with Crippen molar-refractivity contribution in [3.8, 4) is 11.5 Å². The molecule has 25 heavy (non-hydrogen) atoms. The van der Waals surface area contributed by atoms with E-state index in [4.69, 9.17) is 9.47 Å². The Hall–Kier alpha value is -2.95. The van der Waals surface area contributed by atoms with E-state index in [9.17, 15) is 4.79 Å². The fraction of sp³-hybridized carbons (Fsp3) is 0.250. The lowest BCUT2D eigenvalue weighted by Crippen LogP contribution is -2.39. The van der Waals surface area contributed by atoms with Crippen molar-refractivity contribution in [2.24, 2.45) is 0 Å². The summed E-state index contributed by atoms with van der Waals surface area (Å²) in [6.45, 7) is 2.59. The van der Waals surface area contributed by atoms with E-state index in [-0.39, 0.29) is 18.7 Å². The fourth-order valence-corrected chi connectivity index (χ4v) is 4.01. The van der Waals surface area contributed by atoms with E-state index < -0.39 is 0 Å². The minimum absolute atomic E-state index is 0.0759. The van der Waals surface area contributed by atoms with Crippen LogP contribution in [0.5, 0.6) is 11.5 Å². The monoisotopic (exact) mass is 334 g/mol. The number of H-pyrrole nitrogens is 1. The van der Waals surface area contributed by atoms with Crippen LogP contribution in [0.3, 0.4) is 0 Å². The van der Waals surface area contributed by atoms with Gasteiger partial charge in [-0.1, -0.05) is 24.3 Å². The summed E-state index contributed by atoms with van der Waals surface area (Å²) in [6, 6.07) is 14.1. The third-order valence-electron chi connectivity index (χ3n) is 5.15. The summed E-state index contributed by atoms with van der Waals surface area (Å²) in [7, 11) is 0. The highest BCUT2D eigenvalue weighted by molar-refractivity contribution is 5.86. The predicted molar refractivity (Wildman–Crippen MR) is 93.8 cm³/mol. The number of rotatable bonds is 1. The molecule has 0 unspecified atom stereocenters. The van der Waals surface area contributed by atoms with Crippen LogP contribution < -0.4 is 9.47 Å². The largest absolute Gasteiger partial charge is 0.454 e. The van der Waals surface area contributed by atoms with Crippen molar-refractivity contribution in [3.05, 3.63) is 59.3 Å². The molecule has 1 amide bonds. The van der Waals surface area contributed by atoms with Crippen molar-refractivity contribution in [1.82, 2.24) is 9.88 Å². The van der Waals surface area contributed by atoms with E-state index in [0.717, 1.165) is 34.7 Å². The first-order chi connectivity index (χ1) is 12.2. The Morgan fingerprint density at radius 2 is 2.00 bits per heavy atom. The third kappa shape index (κ3) is 2.12. The van der Waals surface area contributed by atoms with Gasteiger partial charge >= 0.3 is 0 Å². The molecule has 5 nitrogen and oxygen atoms in total. The Morgan fingerprint density at radius 3 is 2.88 bits per heavy atom. The number of nitrogens with one attached hydrogen (secondary N) is 1. The molecule has 1 atom stereocenters. The number of hydrogen-bond acceptors (Lipinski definition) is 3. The van der Waals surface area contributed by atoms with Gasteiger partial charge in [0, 0.05) is 30.1 Å². The molecule has 0 fully saturated rings. The molecule has 0 aliphatic carbocycles. The van der Waals surface area contributed by atoms with E-state index >= 15 is 0 Å². The minimum Gasteiger partial charge on any atom is -0.454 e. The SMILES string of the molecule is CC(=O)N1CCc2c([nH]c3ccccc23)[C@@H]1c1ccc2c(c1)OCO2. The molecule has 3 heterocycles. The first-order valence-electron chi connectivity index (χ1n) is 8.48. The first kappa shape index (κ1) is 14.4. The van der Waals surface area contributed by atoms with Crippen molar-refractivity contribution >= 4 is 16.8 Å². The standard InChI is InChI=1S/C20H18N2O3/c1-12(23)22-9-8-15-14-4-2-3-5-16(14)21-19(15)20(22)13-6-7-17-18(10-13)25-11-24-17/h2-7,10,20-21H,8-9,11H2,1H3/t20-/m0/s1. The number of ether oxygens (including phenoxy) is 2. The Labute approximate surface area is 145 Å². The van der Waals surface area contributed by atoms with Crippen LogP contribution in [0.25, 0.3) is 10.9 Å². The molecule has 3 aromatic rings. The summed E-state index contributed by atoms with van der Waals surface area (Å²) < 4.78 is 11.0. The van der Waals surface area contributed by atoms with Crippen molar-refractivity contribution < 1.29 is 14.3 Å². The zero-order chi connectivity index (χ0) is 17.0. The zero-order valence-electron chi connectivity index (χ0n) is 13.9. The van der Waals surface area contributed by atoms with Gasteiger partial charge in [0.25, 0.3) is 0 Å². The smallest absolute Gasteiger partial charge is 0.231 e. The quantitative estimate of drug-likeness (QED) is 0.742. The van der Waals surface area contributed by atoms with Crippen LogP contribution >= 0.6 is 0 Å². The molecule has 5 rings (SSSR count). The number of carbonyl (C=O) groups is 1. The molecule has 0 radical (unpaired) electrons. The second-order valence-electron chi connectivity index (χ2n) is 6.54. The number of para-hydroxylation sites is 1. The van der Waals surface area contributed by atoms with E-state index in [1.165, 1.54) is 10.9 Å². The molecule has 2 aliphatic heterocycles.